The minimum atomic E-state index is -6.00. The molecule has 0 N–H and O–H groups in total. The average Bonchev–Trinajstić information content (AvgIpc) is 2.36. The molecule has 0 amide bonds. The van der Waals surface area contributed by atoms with Crippen LogP contribution in [0.1, 0.15) is 5.56 Å². The van der Waals surface area contributed by atoms with E-state index in [1.165, 1.54) is 12.1 Å². The second-order valence-electron chi connectivity index (χ2n) is 4.03. The lowest BCUT2D eigenvalue weighted by molar-refractivity contribution is -0.326. The van der Waals surface area contributed by atoms with Gasteiger partial charge in [-0.05, 0) is 23.8 Å². The van der Waals surface area contributed by atoms with Crippen molar-refractivity contribution in [3.05, 3.63) is 57.7 Å². The van der Waals surface area contributed by atoms with Gasteiger partial charge in [-0.2, -0.15) is 13.2 Å². The fourth-order valence-electron chi connectivity index (χ4n) is 1.65. The molecular weight excluding hydrogens is 427 g/mol. The molecule has 0 bridgehead atoms. The Morgan fingerprint density at radius 2 is 1.14 bits per heavy atom. The highest BCUT2D eigenvalue weighted by atomic mass is 127. The maximum atomic E-state index is 12.9. The van der Waals surface area contributed by atoms with Crippen molar-refractivity contribution in [1.29, 1.82) is 0 Å². The Hall–Kier alpha value is -1.26. The lowest BCUT2D eigenvalue weighted by Gasteiger charge is -2.12. The second-order valence-corrected chi connectivity index (χ2v) is 5.29. The first-order valence-electron chi connectivity index (χ1n) is 5.80. The molecule has 0 fully saturated rings. The summed E-state index contributed by atoms with van der Waals surface area (Å²) >= 11 is 1.73. The van der Waals surface area contributed by atoms with Crippen molar-refractivity contribution in [2.75, 3.05) is 0 Å². The van der Waals surface area contributed by atoms with Crippen LogP contribution in [0, 0.1) is 3.57 Å². The Morgan fingerprint density at radius 3 is 1.59 bits per heavy atom. The largest absolute Gasteiger partial charge is 0.673 e. The van der Waals surface area contributed by atoms with Crippen LogP contribution in [-0.2, 0) is 6.18 Å². The molecule has 9 heteroatoms. The van der Waals surface area contributed by atoms with Crippen LogP contribution < -0.4 is 22.6 Å². The normalized spacial score (nSPS) is 11.6. The predicted molar refractivity (Wildman–Crippen MR) is 67.2 cm³/mol. The third-order valence-electron chi connectivity index (χ3n) is 2.41. The highest BCUT2D eigenvalue weighted by Gasteiger charge is 2.34. The first-order chi connectivity index (χ1) is 10.00. The van der Waals surface area contributed by atoms with Crippen LogP contribution >= 0.6 is 0 Å². The van der Waals surface area contributed by atoms with Crippen LogP contribution in [0.3, 0.4) is 0 Å². The third kappa shape index (κ3) is 6.24. The van der Waals surface area contributed by atoms with E-state index in [0.29, 0.717) is 5.56 Å². The Labute approximate surface area is 135 Å². The molecule has 0 aliphatic carbocycles. The lowest BCUT2D eigenvalue weighted by atomic mass is 9.99. The molecule has 0 spiro atoms. The molecule has 0 aliphatic heterocycles. The van der Waals surface area contributed by atoms with Gasteiger partial charge in [0.2, 0.25) is 0 Å². The summed E-state index contributed by atoms with van der Waals surface area (Å²) in [6.07, 6.45) is -4.32. The zero-order valence-electron chi connectivity index (χ0n) is 10.8. The molecule has 2 aromatic rings. The number of alkyl halides is 3. The van der Waals surface area contributed by atoms with Gasteiger partial charge in [0.15, 0.2) is 3.57 Å². The van der Waals surface area contributed by atoms with Crippen molar-refractivity contribution >= 4 is 7.25 Å². The molecule has 0 nitrogen and oxygen atoms in total. The van der Waals surface area contributed by atoms with Crippen LogP contribution in [0.4, 0.5) is 30.4 Å². The summed E-state index contributed by atoms with van der Waals surface area (Å²) in [6.45, 7) is 0. The zero-order chi connectivity index (χ0) is 17.0. The van der Waals surface area contributed by atoms with Gasteiger partial charge in [-0.3, -0.25) is 0 Å². The first-order valence-corrected chi connectivity index (χ1v) is 6.96. The summed E-state index contributed by atoms with van der Waals surface area (Å²) in [6, 6.07) is 12.7. The van der Waals surface area contributed by atoms with E-state index in [-0.39, 0.29) is 5.56 Å². The van der Waals surface area contributed by atoms with E-state index in [1.807, 2.05) is 12.1 Å². The van der Waals surface area contributed by atoms with Crippen molar-refractivity contribution < 1.29 is 53.0 Å². The predicted octanol–water partition coefficient (Wildman–Crippen LogP) is 2.13. The number of benzene rings is 2. The molecule has 2 aromatic carbocycles. The molecule has 2 rings (SSSR count). The average molecular weight is 436 g/mol. The maximum absolute atomic E-state index is 12.9. The SMILES string of the molecule is FC(F)(F)c1ccccc1-c1ccccc1[IH+].F[B-](F)(F)F. The van der Waals surface area contributed by atoms with Crippen molar-refractivity contribution in [2.45, 2.75) is 6.18 Å². The fraction of sp³-hybridized carbons (Fsp3) is 0.0769. The maximum Gasteiger partial charge on any atom is 0.673 e. The minimum absolute atomic E-state index is 0.237. The number of rotatable bonds is 1. The molecule has 120 valence electrons. The van der Waals surface area contributed by atoms with Gasteiger partial charge in [0.1, 0.15) is 0 Å². The van der Waals surface area contributed by atoms with Gasteiger partial charge in [0, 0.05) is 5.56 Å². The molecule has 0 aliphatic rings. The van der Waals surface area contributed by atoms with Gasteiger partial charge in [-0.15, -0.1) is 0 Å². The van der Waals surface area contributed by atoms with E-state index in [9.17, 15) is 30.4 Å². The molecule has 0 radical (unpaired) electrons. The first kappa shape index (κ1) is 18.8. The summed E-state index contributed by atoms with van der Waals surface area (Å²) in [5.41, 5.74) is 0.280. The monoisotopic (exact) mass is 436 g/mol. The van der Waals surface area contributed by atoms with Gasteiger partial charge in [0.05, 0.1) is 5.56 Å². The Balaban J connectivity index is 0.000000422. The highest BCUT2D eigenvalue weighted by molar-refractivity contribution is 6.50. The molecule has 0 atom stereocenters. The van der Waals surface area contributed by atoms with E-state index < -0.39 is 19.0 Å². The topological polar surface area (TPSA) is 0 Å². The van der Waals surface area contributed by atoms with Gasteiger partial charge < -0.3 is 17.3 Å². The number of hydrogen-bond acceptors (Lipinski definition) is 0. The van der Waals surface area contributed by atoms with Crippen molar-refractivity contribution in [3.8, 4) is 11.1 Å². The Bertz CT molecular complexity index is 616. The van der Waals surface area contributed by atoms with Crippen molar-refractivity contribution in [2.24, 2.45) is 0 Å². The molecule has 22 heavy (non-hydrogen) atoms. The molecule has 0 saturated heterocycles. The summed E-state index contributed by atoms with van der Waals surface area (Å²) in [7, 11) is -6.00. The van der Waals surface area contributed by atoms with Gasteiger partial charge in [0.25, 0.3) is 22.6 Å². The fourth-order valence-corrected chi connectivity index (χ4v) is 2.39. The van der Waals surface area contributed by atoms with Crippen molar-refractivity contribution in [3.63, 3.8) is 0 Å². The lowest BCUT2D eigenvalue weighted by Crippen LogP contribution is -3.34. The van der Waals surface area contributed by atoms with E-state index in [2.05, 4.69) is 0 Å². The van der Waals surface area contributed by atoms with Gasteiger partial charge in [-0.25, -0.2) is 0 Å². The summed E-state index contributed by atoms with van der Waals surface area (Å²) in [4.78, 5) is 0. The molecular formula is C13H9BF7I. The molecule has 0 unspecified atom stereocenters. The summed E-state index contributed by atoms with van der Waals surface area (Å²) < 4.78 is 78.4. The van der Waals surface area contributed by atoms with Gasteiger partial charge in [-0.1, -0.05) is 30.3 Å². The van der Waals surface area contributed by atoms with Crippen LogP contribution in [-0.4, -0.2) is 7.25 Å². The molecule has 0 aromatic heterocycles. The third-order valence-corrected chi connectivity index (χ3v) is 3.43. The van der Waals surface area contributed by atoms with Crippen LogP contribution in [0.25, 0.3) is 11.1 Å². The standard InChI is InChI=1S/C13H9F3I.BF4/c14-13(15,16)11-7-3-1-5-9(11)10-6-2-4-8-12(10)17;2-1(3,4)5/h1-8,17H;/q+1;-1. The van der Waals surface area contributed by atoms with Crippen LogP contribution in [0.2, 0.25) is 0 Å². The molecule has 0 saturated carbocycles. The Morgan fingerprint density at radius 1 is 0.727 bits per heavy atom. The number of hydrogen-bond donors (Lipinski definition) is 0. The minimum Gasteiger partial charge on any atom is -0.418 e. The zero-order valence-corrected chi connectivity index (χ0v) is 13.1. The van der Waals surface area contributed by atoms with E-state index in [0.717, 1.165) is 9.64 Å². The van der Waals surface area contributed by atoms with Gasteiger partial charge >= 0.3 is 13.4 Å². The van der Waals surface area contributed by atoms with E-state index >= 15 is 0 Å². The van der Waals surface area contributed by atoms with Crippen molar-refractivity contribution in [1.82, 2.24) is 0 Å². The Kier molecular flexibility index (Phi) is 6.27. The summed E-state index contributed by atoms with van der Waals surface area (Å²) in [5.74, 6) is 0. The van der Waals surface area contributed by atoms with Crippen LogP contribution in [0.5, 0.6) is 0 Å². The summed E-state index contributed by atoms with van der Waals surface area (Å²) in [5, 5.41) is 0. The van der Waals surface area contributed by atoms with E-state index in [1.54, 1.807) is 40.8 Å². The molecule has 0 heterocycles. The second kappa shape index (κ2) is 7.34. The van der Waals surface area contributed by atoms with Crippen LogP contribution in [0.15, 0.2) is 48.5 Å². The quantitative estimate of drug-likeness (QED) is 0.366. The smallest absolute Gasteiger partial charge is 0.418 e. The highest BCUT2D eigenvalue weighted by Crippen LogP contribution is 2.36. The number of halogens is 8. The van der Waals surface area contributed by atoms with E-state index in [4.69, 9.17) is 0 Å².